The van der Waals surface area contributed by atoms with Crippen LogP contribution >= 0.6 is 0 Å². The lowest BCUT2D eigenvalue weighted by Gasteiger charge is -2.38. The molecule has 0 aromatic heterocycles. The number of carbonyl (C=O) groups excluding carboxylic acids is 1. The average Bonchev–Trinajstić information content (AvgIpc) is 2.64. The molecule has 0 aliphatic carbocycles. The molecule has 1 atom stereocenters. The van der Waals surface area contributed by atoms with E-state index in [4.69, 9.17) is 0 Å². The van der Waals surface area contributed by atoms with Crippen molar-refractivity contribution in [2.75, 3.05) is 39.8 Å². The van der Waals surface area contributed by atoms with Gasteiger partial charge in [0.1, 0.15) is 6.04 Å². The molecule has 0 N–H and O–H groups in total. The number of amides is 1. The number of hydrogen-bond acceptors (Lipinski definition) is 5. The number of benzene rings is 1. The Kier molecular flexibility index (Phi) is 7.21. The summed E-state index contributed by atoms with van der Waals surface area (Å²) in [6.07, 6.45) is 0. The molecule has 28 heavy (non-hydrogen) atoms. The van der Waals surface area contributed by atoms with E-state index in [2.05, 4.69) is 11.0 Å². The first-order chi connectivity index (χ1) is 13.1. The zero-order valence-corrected chi connectivity index (χ0v) is 18.2. The highest BCUT2D eigenvalue weighted by atomic mass is 32.2. The fourth-order valence-electron chi connectivity index (χ4n) is 3.33. The van der Waals surface area contributed by atoms with Crippen LogP contribution in [-0.2, 0) is 14.8 Å². The van der Waals surface area contributed by atoms with Crippen LogP contribution in [0.25, 0.3) is 0 Å². The van der Waals surface area contributed by atoms with Crippen LogP contribution in [-0.4, -0.2) is 74.2 Å². The van der Waals surface area contributed by atoms with Gasteiger partial charge in [-0.15, -0.1) is 0 Å². The predicted molar refractivity (Wildman–Crippen MR) is 108 cm³/mol. The molecule has 1 fully saturated rings. The Bertz CT molecular complexity index is 853. The second-order valence-corrected chi connectivity index (χ2v) is 9.79. The number of sulfonamides is 1. The molecule has 1 aromatic rings. The zero-order valence-electron chi connectivity index (χ0n) is 17.3. The lowest BCUT2D eigenvalue weighted by atomic mass is 10.0. The smallest absolute Gasteiger partial charge is 0.243 e. The molecule has 154 valence electrons. The van der Waals surface area contributed by atoms with Gasteiger partial charge in [-0.05, 0) is 43.0 Å². The Hall–Kier alpha value is -1.95. The fourth-order valence-corrected chi connectivity index (χ4v) is 4.54. The average molecular weight is 407 g/mol. The first kappa shape index (κ1) is 22.3. The van der Waals surface area contributed by atoms with E-state index in [-0.39, 0.29) is 29.3 Å². The summed E-state index contributed by atoms with van der Waals surface area (Å²) in [7, 11) is -2.29. The standard InChI is InChI=1S/C20H30N4O3S/c1-15(2)19(13-21)23-8-10-24(11-9-23)20(25)14-22(5)28(26,27)18-7-6-16(3)17(4)12-18/h6-7,12,15,19H,8-11,14H2,1-5H3. The van der Waals surface area contributed by atoms with Crippen molar-refractivity contribution in [1.82, 2.24) is 14.1 Å². The summed E-state index contributed by atoms with van der Waals surface area (Å²) in [6, 6.07) is 7.15. The molecule has 0 bridgehead atoms. The van der Waals surface area contributed by atoms with Crippen molar-refractivity contribution in [2.24, 2.45) is 5.92 Å². The van der Waals surface area contributed by atoms with Crippen molar-refractivity contribution in [3.8, 4) is 6.07 Å². The van der Waals surface area contributed by atoms with Crippen LogP contribution in [0.15, 0.2) is 23.1 Å². The van der Waals surface area contributed by atoms with Crippen LogP contribution in [0.3, 0.4) is 0 Å². The van der Waals surface area contributed by atoms with Gasteiger partial charge in [-0.25, -0.2) is 8.42 Å². The summed E-state index contributed by atoms with van der Waals surface area (Å²) < 4.78 is 26.7. The van der Waals surface area contributed by atoms with Crippen LogP contribution in [0.2, 0.25) is 0 Å². The van der Waals surface area contributed by atoms with Crippen LogP contribution < -0.4 is 0 Å². The maximum absolute atomic E-state index is 12.8. The molecule has 0 saturated carbocycles. The van der Waals surface area contributed by atoms with E-state index in [1.807, 2.05) is 27.7 Å². The number of aryl methyl sites for hydroxylation is 2. The molecule has 2 rings (SSSR count). The van der Waals surface area contributed by atoms with Gasteiger partial charge in [0.25, 0.3) is 0 Å². The minimum atomic E-state index is -3.72. The van der Waals surface area contributed by atoms with Crippen molar-refractivity contribution < 1.29 is 13.2 Å². The maximum Gasteiger partial charge on any atom is 0.243 e. The highest BCUT2D eigenvalue weighted by Crippen LogP contribution is 2.19. The summed E-state index contributed by atoms with van der Waals surface area (Å²) in [5, 5.41) is 9.33. The molecule has 1 unspecified atom stereocenters. The SMILES string of the molecule is Cc1ccc(S(=O)(=O)N(C)CC(=O)N2CCN(C(C#N)C(C)C)CC2)cc1C. The van der Waals surface area contributed by atoms with Gasteiger partial charge in [-0.2, -0.15) is 9.57 Å². The molecule has 0 spiro atoms. The summed E-state index contributed by atoms with van der Waals surface area (Å²) in [5.74, 6) is 0.00843. The molecule has 1 amide bonds. The monoisotopic (exact) mass is 406 g/mol. The minimum Gasteiger partial charge on any atom is -0.339 e. The van der Waals surface area contributed by atoms with E-state index >= 15 is 0 Å². The summed E-state index contributed by atoms with van der Waals surface area (Å²) >= 11 is 0. The van der Waals surface area contributed by atoms with E-state index in [9.17, 15) is 18.5 Å². The van der Waals surface area contributed by atoms with E-state index in [0.29, 0.717) is 26.2 Å². The van der Waals surface area contributed by atoms with E-state index in [1.165, 1.54) is 7.05 Å². The van der Waals surface area contributed by atoms with Crippen LogP contribution in [0.5, 0.6) is 0 Å². The molecule has 8 heteroatoms. The molecular formula is C20H30N4O3S. The van der Waals surface area contributed by atoms with Gasteiger partial charge in [0.2, 0.25) is 15.9 Å². The van der Waals surface area contributed by atoms with Gasteiger partial charge < -0.3 is 4.90 Å². The third kappa shape index (κ3) is 4.90. The number of piperazine rings is 1. The first-order valence-electron chi connectivity index (χ1n) is 9.53. The van der Waals surface area contributed by atoms with E-state index in [1.54, 1.807) is 23.1 Å². The number of likely N-dealkylation sites (N-methyl/N-ethyl adjacent to an activating group) is 1. The number of nitrogens with zero attached hydrogens (tertiary/aromatic N) is 4. The molecule has 1 heterocycles. The van der Waals surface area contributed by atoms with E-state index < -0.39 is 10.0 Å². The third-order valence-corrected chi connectivity index (χ3v) is 7.17. The highest BCUT2D eigenvalue weighted by molar-refractivity contribution is 7.89. The Morgan fingerprint density at radius 1 is 1.18 bits per heavy atom. The summed E-state index contributed by atoms with van der Waals surface area (Å²) in [5.41, 5.74) is 1.92. The number of rotatable bonds is 6. The Balaban J connectivity index is 1.99. The summed E-state index contributed by atoms with van der Waals surface area (Å²) in [4.78, 5) is 16.6. The van der Waals surface area contributed by atoms with Crippen molar-refractivity contribution in [2.45, 2.75) is 38.6 Å². The molecule has 1 aliphatic heterocycles. The van der Waals surface area contributed by atoms with Gasteiger partial charge in [0.05, 0.1) is 17.5 Å². The van der Waals surface area contributed by atoms with Crippen molar-refractivity contribution in [1.29, 1.82) is 5.26 Å². The van der Waals surface area contributed by atoms with Crippen molar-refractivity contribution in [3.63, 3.8) is 0 Å². The Morgan fingerprint density at radius 3 is 2.29 bits per heavy atom. The van der Waals surface area contributed by atoms with Crippen molar-refractivity contribution in [3.05, 3.63) is 29.3 Å². The molecule has 7 nitrogen and oxygen atoms in total. The van der Waals surface area contributed by atoms with Gasteiger partial charge in [-0.3, -0.25) is 9.69 Å². The van der Waals surface area contributed by atoms with Crippen LogP contribution in [0.1, 0.15) is 25.0 Å². The van der Waals surface area contributed by atoms with Crippen molar-refractivity contribution >= 4 is 15.9 Å². The van der Waals surface area contributed by atoms with Gasteiger partial charge in [0.15, 0.2) is 0 Å². The predicted octanol–water partition coefficient (Wildman–Crippen LogP) is 1.62. The fraction of sp³-hybridized carbons (Fsp3) is 0.600. The first-order valence-corrected chi connectivity index (χ1v) is 11.0. The quantitative estimate of drug-likeness (QED) is 0.717. The van der Waals surface area contributed by atoms with Crippen LogP contribution in [0, 0.1) is 31.1 Å². The largest absolute Gasteiger partial charge is 0.339 e. The summed E-state index contributed by atoms with van der Waals surface area (Å²) in [6.45, 7) is 9.87. The second-order valence-electron chi connectivity index (χ2n) is 7.74. The number of hydrogen-bond donors (Lipinski definition) is 0. The molecule has 1 aromatic carbocycles. The Morgan fingerprint density at radius 2 is 1.79 bits per heavy atom. The lowest BCUT2D eigenvalue weighted by Crippen LogP contribution is -2.54. The zero-order chi connectivity index (χ0) is 21.1. The molecule has 1 aliphatic rings. The second kappa shape index (κ2) is 9.03. The normalized spacial score (nSPS) is 17.0. The lowest BCUT2D eigenvalue weighted by molar-refractivity contribution is -0.133. The van der Waals surface area contributed by atoms with Gasteiger partial charge in [-0.1, -0.05) is 19.9 Å². The number of carbonyl (C=O) groups is 1. The number of nitriles is 1. The third-order valence-electron chi connectivity index (χ3n) is 5.37. The minimum absolute atomic E-state index is 0.162. The molecule has 1 saturated heterocycles. The van der Waals surface area contributed by atoms with Crippen LogP contribution in [0.4, 0.5) is 0 Å². The molecular weight excluding hydrogens is 376 g/mol. The Labute approximate surface area is 168 Å². The topological polar surface area (TPSA) is 84.7 Å². The highest BCUT2D eigenvalue weighted by Gasteiger charge is 2.30. The molecule has 0 radical (unpaired) electrons. The van der Waals surface area contributed by atoms with E-state index in [0.717, 1.165) is 15.4 Å². The van der Waals surface area contributed by atoms with Gasteiger partial charge in [0, 0.05) is 33.2 Å². The maximum atomic E-state index is 12.8. The van der Waals surface area contributed by atoms with Gasteiger partial charge >= 0.3 is 0 Å².